The summed E-state index contributed by atoms with van der Waals surface area (Å²) in [6.07, 6.45) is 6.72. The number of aryl methyl sites for hydroxylation is 2. The molecule has 3 rings (SSSR count). The van der Waals surface area contributed by atoms with Crippen LogP contribution in [0.5, 0.6) is 0 Å². The van der Waals surface area contributed by atoms with E-state index in [0.717, 1.165) is 27.8 Å². The molecule has 5 nitrogen and oxygen atoms in total. The first kappa shape index (κ1) is 21.1. The normalized spacial score (nSPS) is 21.5. The van der Waals surface area contributed by atoms with E-state index in [1.165, 1.54) is 43.9 Å². The Kier molecular flexibility index (Phi) is 7.30. The van der Waals surface area contributed by atoms with Crippen LogP contribution in [0.4, 0.5) is 5.69 Å². The number of carbonyl (C=O) groups is 2. The van der Waals surface area contributed by atoms with Crippen LogP contribution in [0.2, 0.25) is 0 Å². The highest BCUT2D eigenvalue weighted by molar-refractivity contribution is 8.15. The number of aliphatic imine (C=N–C) groups is 1. The van der Waals surface area contributed by atoms with Gasteiger partial charge in [0.2, 0.25) is 5.91 Å². The second-order valence-electron chi connectivity index (χ2n) is 8.09. The Balaban J connectivity index is 1.45. The first-order valence-electron chi connectivity index (χ1n) is 10.3. The van der Waals surface area contributed by atoms with Crippen LogP contribution < -0.4 is 10.6 Å². The molecule has 2 amide bonds. The minimum atomic E-state index is -0.410. The number of amides is 2. The third kappa shape index (κ3) is 5.67. The van der Waals surface area contributed by atoms with Crippen LogP contribution in [-0.2, 0) is 9.59 Å². The first-order chi connectivity index (χ1) is 13.4. The van der Waals surface area contributed by atoms with Crippen molar-refractivity contribution in [1.29, 1.82) is 0 Å². The molecule has 1 unspecified atom stereocenters. The molecule has 0 aromatic heterocycles. The Bertz CT molecular complexity index is 756. The van der Waals surface area contributed by atoms with Gasteiger partial charge >= 0.3 is 0 Å². The lowest BCUT2D eigenvalue weighted by Gasteiger charge is -2.28. The molecule has 0 bridgehead atoms. The van der Waals surface area contributed by atoms with Crippen molar-refractivity contribution in [2.45, 2.75) is 70.6 Å². The van der Waals surface area contributed by atoms with Crippen molar-refractivity contribution in [1.82, 2.24) is 5.32 Å². The SMILES string of the molecule is Cc1ccc(NC(=O)CC2SC(CN[C@H](C)C3CCCCC3)=NC2=O)c(C)c1. The molecule has 2 N–H and O–H groups in total. The summed E-state index contributed by atoms with van der Waals surface area (Å²) in [4.78, 5) is 28.8. The van der Waals surface area contributed by atoms with Crippen molar-refractivity contribution in [3.63, 3.8) is 0 Å². The fourth-order valence-electron chi connectivity index (χ4n) is 4.02. The van der Waals surface area contributed by atoms with Crippen molar-refractivity contribution in [2.24, 2.45) is 10.9 Å². The third-order valence-corrected chi connectivity index (χ3v) is 6.91. The zero-order valence-corrected chi connectivity index (χ0v) is 17.9. The van der Waals surface area contributed by atoms with Gasteiger partial charge < -0.3 is 10.6 Å². The lowest BCUT2D eigenvalue weighted by molar-refractivity contribution is -0.121. The average molecular weight is 402 g/mol. The maximum atomic E-state index is 12.4. The van der Waals surface area contributed by atoms with E-state index in [-0.39, 0.29) is 18.2 Å². The molecular formula is C22H31N3O2S. The number of nitrogens with one attached hydrogen (secondary N) is 2. The molecule has 0 saturated heterocycles. The van der Waals surface area contributed by atoms with Crippen LogP contribution in [0.3, 0.4) is 0 Å². The Morgan fingerprint density at radius 3 is 2.71 bits per heavy atom. The number of thioether (sulfide) groups is 1. The predicted molar refractivity (Wildman–Crippen MR) is 117 cm³/mol. The summed E-state index contributed by atoms with van der Waals surface area (Å²) in [7, 11) is 0. The van der Waals surface area contributed by atoms with Crippen LogP contribution in [0.25, 0.3) is 0 Å². The van der Waals surface area contributed by atoms with E-state index in [1.54, 1.807) is 0 Å². The summed E-state index contributed by atoms with van der Waals surface area (Å²) < 4.78 is 0. The topological polar surface area (TPSA) is 70.6 Å². The Morgan fingerprint density at radius 2 is 2.00 bits per heavy atom. The van der Waals surface area contributed by atoms with Crippen LogP contribution in [0.15, 0.2) is 23.2 Å². The molecule has 152 valence electrons. The quantitative estimate of drug-likeness (QED) is 0.717. The summed E-state index contributed by atoms with van der Waals surface area (Å²) in [5.74, 6) is 0.386. The van der Waals surface area contributed by atoms with Crippen LogP contribution in [0.1, 0.15) is 56.6 Å². The van der Waals surface area contributed by atoms with E-state index in [9.17, 15) is 9.59 Å². The van der Waals surface area contributed by atoms with Gasteiger partial charge in [0, 0.05) is 24.7 Å². The number of hydrogen-bond acceptors (Lipinski definition) is 4. The number of carbonyl (C=O) groups excluding carboxylic acids is 2. The standard InChI is InChI=1S/C22H31N3O2S/c1-14-9-10-18(15(2)11-14)24-20(26)12-19-22(27)25-21(28-19)13-23-16(3)17-7-5-4-6-8-17/h9-11,16-17,19,23H,4-8,12-13H2,1-3H3,(H,24,26)/t16-,19?/m1/s1. The van der Waals surface area contributed by atoms with E-state index in [0.29, 0.717) is 12.6 Å². The molecule has 1 aliphatic heterocycles. The Morgan fingerprint density at radius 1 is 1.25 bits per heavy atom. The van der Waals surface area contributed by atoms with Gasteiger partial charge in [0.15, 0.2) is 0 Å². The zero-order valence-electron chi connectivity index (χ0n) is 17.1. The van der Waals surface area contributed by atoms with Gasteiger partial charge in [-0.25, -0.2) is 4.99 Å². The average Bonchev–Trinajstić information content (AvgIpc) is 3.02. The third-order valence-electron chi connectivity index (χ3n) is 5.75. The summed E-state index contributed by atoms with van der Waals surface area (Å²) >= 11 is 1.43. The smallest absolute Gasteiger partial charge is 0.260 e. The van der Waals surface area contributed by atoms with Crippen LogP contribution in [-0.4, -0.2) is 34.7 Å². The molecule has 1 saturated carbocycles. The number of hydrogen-bond donors (Lipinski definition) is 2. The monoisotopic (exact) mass is 401 g/mol. The molecule has 0 spiro atoms. The van der Waals surface area contributed by atoms with Crippen molar-refractivity contribution in [2.75, 3.05) is 11.9 Å². The predicted octanol–water partition coefficient (Wildman–Crippen LogP) is 4.23. The van der Waals surface area contributed by atoms with E-state index < -0.39 is 5.25 Å². The number of anilines is 1. The molecule has 6 heteroatoms. The van der Waals surface area contributed by atoms with Crippen LogP contribution >= 0.6 is 11.8 Å². The molecule has 2 atom stereocenters. The summed E-state index contributed by atoms with van der Waals surface area (Å²) in [6.45, 7) is 6.84. The highest BCUT2D eigenvalue weighted by atomic mass is 32.2. The maximum Gasteiger partial charge on any atom is 0.260 e. The van der Waals surface area contributed by atoms with E-state index in [2.05, 4.69) is 22.5 Å². The molecule has 1 fully saturated rings. The van der Waals surface area contributed by atoms with Gasteiger partial charge in [0.1, 0.15) is 5.25 Å². The first-order valence-corrected chi connectivity index (χ1v) is 11.2. The number of nitrogens with zero attached hydrogens (tertiary/aromatic N) is 1. The minimum Gasteiger partial charge on any atom is -0.326 e. The number of rotatable bonds is 7. The van der Waals surface area contributed by atoms with Gasteiger partial charge in [-0.05, 0) is 51.2 Å². The second kappa shape index (κ2) is 9.70. The van der Waals surface area contributed by atoms with Gasteiger partial charge in [-0.1, -0.05) is 48.7 Å². The number of benzene rings is 1. The zero-order chi connectivity index (χ0) is 20.1. The van der Waals surface area contributed by atoms with Crippen molar-refractivity contribution < 1.29 is 9.59 Å². The van der Waals surface area contributed by atoms with Gasteiger partial charge in [-0.15, -0.1) is 0 Å². The Labute approximate surface area is 172 Å². The fourth-order valence-corrected chi connectivity index (χ4v) is 5.04. The van der Waals surface area contributed by atoms with Crippen molar-refractivity contribution >= 4 is 34.3 Å². The molecular weight excluding hydrogens is 370 g/mol. The highest BCUT2D eigenvalue weighted by Crippen LogP contribution is 2.28. The van der Waals surface area contributed by atoms with Crippen LogP contribution in [0, 0.1) is 19.8 Å². The van der Waals surface area contributed by atoms with E-state index in [1.807, 2.05) is 32.0 Å². The molecule has 28 heavy (non-hydrogen) atoms. The van der Waals surface area contributed by atoms with Gasteiger partial charge in [-0.2, -0.15) is 0 Å². The lowest BCUT2D eigenvalue weighted by atomic mass is 9.84. The van der Waals surface area contributed by atoms with E-state index >= 15 is 0 Å². The van der Waals surface area contributed by atoms with Gasteiger partial charge in [0.25, 0.3) is 5.91 Å². The summed E-state index contributed by atoms with van der Waals surface area (Å²) in [5.41, 5.74) is 2.98. The van der Waals surface area contributed by atoms with Crippen molar-refractivity contribution in [3.8, 4) is 0 Å². The molecule has 1 aliphatic carbocycles. The lowest BCUT2D eigenvalue weighted by Crippen LogP contribution is -2.37. The largest absolute Gasteiger partial charge is 0.326 e. The molecule has 1 aromatic carbocycles. The highest BCUT2D eigenvalue weighted by Gasteiger charge is 2.31. The minimum absolute atomic E-state index is 0.141. The molecule has 2 aliphatic rings. The Hall–Kier alpha value is -1.66. The van der Waals surface area contributed by atoms with E-state index in [4.69, 9.17) is 0 Å². The van der Waals surface area contributed by atoms with Gasteiger partial charge in [0.05, 0.1) is 5.04 Å². The van der Waals surface area contributed by atoms with Gasteiger partial charge in [-0.3, -0.25) is 9.59 Å². The van der Waals surface area contributed by atoms with Crippen molar-refractivity contribution in [3.05, 3.63) is 29.3 Å². The summed E-state index contributed by atoms with van der Waals surface area (Å²) in [6, 6.07) is 6.35. The molecule has 0 radical (unpaired) electrons. The molecule has 1 heterocycles. The molecule has 1 aromatic rings. The second-order valence-corrected chi connectivity index (χ2v) is 9.36. The fraction of sp³-hybridized carbons (Fsp3) is 0.591. The summed E-state index contributed by atoms with van der Waals surface area (Å²) in [5, 5.41) is 6.85. The maximum absolute atomic E-state index is 12.4.